The summed E-state index contributed by atoms with van der Waals surface area (Å²) in [5, 5.41) is 3.41. The first-order valence-corrected chi connectivity index (χ1v) is 10.5. The summed E-state index contributed by atoms with van der Waals surface area (Å²) < 4.78 is 11.4. The summed E-state index contributed by atoms with van der Waals surface area (Å²) in [7, 11) is 0. The van der Waals surface area contributed by atoms with Gasteiger partial charge in [0.05, 0.1) is 32.1 Å². The van der Waals surface area contributed by atoms with Crippen molar-refractivity contribution in [1.29, 1.82) is 0 Å². The van der Waals surface area contributed by atoms with Crippen LogP contribution in [0.15, 0.2) is 42.5 Å². The molecule has 0 aliphatic carbocycles. The number of nitrogens with zero attached hydrogens (tertiary/aromatic N) is 1. The Labute approximate surface area is 176 Å². The second-order valence-corrected chi connectivity index (χ2v) is 8.41. The number of nitrogens with one attached hydrogen (secondary N) is 1. The van der Waals surface area contributed by atoms with Crippen molar-refractivity contribution in [3.05, 3.63) is 52.4 Å². The third kappa shape index (κ3) is 4.75. The van der Waals surface area contributed by atoms with Crippen LogP contribution in [0, 0.1) is 0 Å². The van der Waals surface area contributed by atoms with Gasteiger partial charge in [0, 0.05) is 18.5 Å². The third-order valence-corrected chi connectivity index (χ3v) is 5.90. The van der Waals surface area contributed by atoms with Gasteiger partial charge in [-0.15, -0.1) is 11.3 Å². The first-order valence-electron chi connectivity index (χ1n) is 9.31. The maximum absolute atomic E-state index is 12.7. The summed E-state index contributed by atoms with van der Waals surface area (Å²) in [6.07, 6.45) is 1.97. The van der Waals surface area contributed by atoms with Crippen LogP contribution in [0.2, 0.25) is 4.34 Å². The molecule has 0 unspecified atom stereocenters. The van der Waals surface area contributed by atoms with E-state index in [4.69, 9.17) is 21.1 Å². The van der Waals surface area contributed by atoms with Gasteiger partial charge in [-0.2, -0.15) is 0 Å². The summed E-state index contributed by atoms with van der Waals surface area (Å²) >= 11 is 7.42. The highest BCUT2D eigenvalue weighted by molar-refractivity contribution is 7.19. The van der Waals surface area contributed by atoms with Crippen LogP contribution in [-0.4, -0.2) is 42.7 Å². The molecule has 0 saturated carbocycles. The van der Waals surface area contributed by atoms with E-state index in [-0.39, 0.29) is 18.6 Å². The highest BCUT2D eigenvalue weighted by Crippen LogP contribution is 2.32. The second-order valence-electron chi connectivity index (χ2n) is 6.69. The lowest BCUT2D eigenvalue weighted by atomic mass is 10.1. The van der Waals surface area contributed by atoms with Gasteiger partial charge in [-0.3, -0.25) is 4.79 Å². The van der Waals surface area contributed by atoms with E-state index in [1.165, 1.54) is 11.3 Å². The first-order chi connectivity index (χ1) is 14.1. The molecule has 0 bridgehead atoms. The minimum absolute atomic E-state index is 0.0407. The molecule has 1 atom stereocenters. The van der Waals surface area contributed by atoms with Crippen LogP contribution in [0.3, 0.4) is 0 Å². The molecule has 29 heavy (non-hydrogen) atoms. The number of amides is 1. The van der Waals surface area contributed by atoms with Crippen LogP contribution in [0.25, 0.3) is 21.5 Å². The number of halogens is 1. The Bertz CT molecular complexity index is 1050. The monoisotopic (exact) mass is 430 g/mol. The fourth-order valence-electron chi connectivity index (χ4n) is 3.22. The molecule has 1 saturated heterocycles. The van der Waals surface area contributed by atoms with E-state index in [0.29, 0.717) is 33.0 Å². The molecule has 1 N–H and O–H groups in total. The van der Waals surface area contributed by atoms with Crippen molar-refractivity contribution in [2.75, 3.05) is 19.8 Å². The van der Waals surface area contributed by atoms with Crippen molar-refractivity contribution in [3.8, 4) is 10.6 Å². The molecule has 1 aromatic carbocycles. The van der Waals surface area contributed by atoms with Gasteiger partial charge in [0.25, 0.3) is 5.91 Å². The number of benzene rings is 1. The van der Waals surface area contributed by atoms with Gasteiger partial charge in [0.1, 0.15) is 0 Å². The van der Waals surface area contributed by atoms with E-state index in [2.05, 4.69) is 10.3 Å². The quantitative estimate of drug-likeness (QED) is 0.596. The Balaban J connectivity index is 1.49. The topological polar surface area (TPSA) is 77.5 Å². The van der Waals surface area contributed by atoms with Crippen LogP contribution in [-0.2, 0) is 14.3 Å². The Kier molecular flexibility index (Phi) is 6.08. The van der Waals surface area contributed by atoms with Crippen LogP contribution >= 0.6 is 22.9 Å². The second kappa shape index (κ2) is 8.90. The lowest BCUT2D eigenvalue weighted by molar-refractivity contribution is -0.124. The number of fused-ring (bicyclic) bond motifs is 1. The van der Waals surface area contributed by atoms with E-state index < -0.39 is 5.97 Å². The lowest BCUT2D eigenvalue weighted by Crippen LogP contribution is -2.34. The molecule has 8 heteroatoms. The predicted molar refractivity (Wildman–Crippen MR) is 112 cm³/mol. The first kappa shape index (κ1) is 19.8. The van der Waals surface area contributed by atoms with Crippen LogP contribution in [0.5, 0.6) is 0 Å². The minimum atomic E-state index is -0.570. The summed E-state index contributed by atoms with van der Waals surface area (Å²) in [5.74, 6) is -0.919. The molecule has 0 radical (unpaired) electrons. The number of aromatic nitrogens is 1. The van der Waals surface area contributed by atoms with Gasteiger partial charge in [0.15, 0.2) is 6.61 Å². The molecule has 3 heterocycles. The molecule has 1 fully saturated rings. The largest absolute Gasteiger partial charge is 0.452 e. The highest BCUT2D eigenvalue weighted by Gasteiger charge is 2.19. The average Bonchev–Trinajstić information content (AvgIpc) is 3.41. The van der Waals surface area contributed by atoms with E-state index in [9.17, 15) is 9.59 Å². The van der Waals surface area contributed by atoms with E-state index >= 15 is 0 Å². The Morgan fingerprint density at radius 2 is 2.14 bits per heavy atom. The minimum Gasteiger partial charge on any atom is -0.452 e. The third-order valence-electron chi connectivity index (χ3n) is 4.65. The molecule has 2 aromatic heterocycles. The van der Waals surface area contributed by atoms with Crippen molar-refractivity contribution >= 4 is 45.7 Å². The number of esters is 1. The van der Waals surface area contributed by atoms with Crippen molar-refractivity contribution in [1.82, 2.24) is 10.3 Å². The summed E-state index contributed by atoms with van der Waals surface area (Å²) in [6, 6.07) is 12.6. The van der Waals surface area contributed by atoms with Gasteiger partial charge in [0.2, 0.25) is 0 Å². The Morgan fingerprint density at radius 1 is 1.28 bits per heavy atom. The van der Waals surface area contributed by atoms with Gasteiger partial charge in [-0.1, -0.05) is 29.8 Å². The van der Waals surface area contributed by atoms with Crippen LogP contribution < -0.4 is 5.32 Å². The number of thiophene rings is 1. The van der Waals surface area contributed by atoms with Gasteiger partial charge in [-0.25, -0.2) is 9.78 Å². The van der Waals surface area contributed by atoms with E-state index in [1.807, 2.05) is 30.3 Å². The molecule has 0 spiro atoms. The molecule has 6 nitrogen and oxygen atoms in total. The normalized spacial score (nSPS) is 16.1. The number of ether oxygens (including phenoxy) is 2. The van der Waals surface area contributed by atoms with Crippen LogP contribution in [0.1, 0.15) is 23.2 Å². The number of carbonyl (C=O) groups is 2. The maximum Gasteiger partial charge on any atom is 0.339 e. The zero-order valence-electron chi connectivity index (χ0n) is 15.5. The smallest absolute Gasteiger partial charge is 0.339 e. The summed E-state index contributed by atoms with van der Waals surface area (Å²) in [4.78, 5) is 30.2. The molecule has 1 aliphatic rings. The zero-order valence-corrected chi connectivity index (χ0v) is 17.1. The average molecular weight is 431 g/mol. The van der Waals surface area contributed by atoms with Crippen molar-refractivity contribution in [3.63, 3.8) is 0 Å². The maximum atomic E-state index is 12.7. The molecule has 3 aromatic rings. The predicted octanol–water partition coefficient (Wildman–Crippen LogP) is 4.07. The number of hydrogen-bond acceptors (Lipinski definition) is 6. The lowest BCUT2D eigenvalue weighted by Gasteiger charge is -2.12. The van der Waals surface area contributed by atoms with Gasteiger partial charge < -0.3 is 14.8 Å². The summed E-state index contributed by atoms with van der Waals surface area (Å²) in [5.41, 5.74) is 1.67. The van der Waals surface area contributed by atoms with Crippen molar-refractivity contribution in [2.45, 2.75) is 18.9 Å². The molecule has 1 amide bonds. The number of rotatable bonds is 6. The highest BCUT2D eigenvalue weighted by atomic mass is 35.5. The SMILES string of the molecule is O=C(COC(=O)c1cc(-c2ccc(Cl)s2)nc2ccccc12)NC[C@@H]1CCCO1. The Morgan fingerprint density at radius 3 is 2.90 bits per heavy atom. The van der Waals surface area contributed by atoms with E-state index in [0.717, 1.165) is 24.3 Å². The molecular formula is C21H19ClN2O4S. The fraction of sp³-hybridized carbons (Fsp3) is 0.286. The number of hydrogen-bond donors (Lipinski definition) is 1. The molecule has 150 valence electrons. The fourth-order valence-corrected chi connectivity index (χ4v) is 4.22. The van der Waals surface area contributed by atoms with Crippen LogP contribution in [0.4, 0.5) is 0 Å². The van der Waals surface area contributed by atoms with Crippen molar-refractivity contribution < 1.29 is 19.1 Å². The number of para-hydroxylation sites is 1. The Hall–Kier alpha value is -2.48. The van der Waals surface area contributed by atoms with Gasteiger partial charge >= 0.3 is 5.97 Å². The standard InChI is InChI=1S/C21H19ClN2O4S/c22-19-8-7-18(29-19)17-10-15(14-5-1-2-6-16(14)24-17)21(26)28-12-20(25)23-11-13-4-3-9-27-13/h1-2,5-8,10,13H,3-4,9,11-12H2,(H,23,25)/t13-/m0/s1. The van der Waals surface area contributed by atoms with E-state index in [1.54, 1.807) is 12.1 Å². The van der Waals surface area contributed by atoms with Crippen molar-refractivity contribution in [2.24, 2.45) is 0 Å². The number of pyridine rings is 1. The molecule has 4 rings (SSSR count). The summed E-state index contributed by atoms with van der Waals surface area (Å²) in [6.45, 7) is 0.808. The number of carbonyl (C=O) groups excluding carboxylic acids is 2. The molecule has 1 aliphatic heterocycles. The zero-order chi connectivity index (χ0) is 20.2. The van der Waals surface area contributed by atoms with Gasteiger partial charge in [-0.05, 0) is 37.1 Å². The molecular weight excluding hydrogens is 412 g/mol.